The quantitative estimate of drug-likeness (QED) is 0.926. The molecule has 2 aromatic carbocycles. The number of rotatable bonds is 4. The lowest BCUT2D eigenvalue weighted by Crippen LogP contribution is -2.07. The van der Waals surface area contributed by atoms with E-state index in [0.717, 1.165) is 12.1 Å². The summed E-state index contributed by atoms with van der Waals surface area (Å²) in [4.78, 5) is 0. The van der Waals surface area contributed by atoms with Gasteiger partial charge in [0.15, 0.2) is 0 Å². The molecule has 1 N–H and O–H groups in total. The van der Waals surface area contributed by atoms with Crippen LogP contribution >= 0.6 is 0 Å². The molecule has 0 atom stereocenters. The van der Waals surface area contributed by atoms with Crippen molar-refractivity contribution in [1.82, 2.24) is 5.32 Å². The summed E-state index contributed by atoms with van der Waals surface area (Å²) >= 11 is 0. The predicted octanol–water partition coefficient (Wildman–Crippen LogP) is 3.50. The average Bonchev–Trinajstić information content (AvgIpc) is 2.40. The Morgan fingerprint density at radius 3 is 2.25 bits per heavy atom. The number of hydrogen-bond donors (Lipinski definition) is 1. The Labute approximate surface area is 115 Å². The molecule has 20 heavy (non-hydrogen) atoms. The van der Waals surface area contributed by atoms with E-state index < -0.39 is 17.5 Å². The van der Waals surface area contributed by atoms with E-state index in [4.69, 9.17) is 4.74 Å². The molecule has 0 aliphatic rings. The van der Waals surface area contributed by atoms with Crippen LogP contribution in [0.2, 0.25) is 0 Å². The van der Waals surface area contributed by atoms with E-state index >= 15 is 0 Å². The van der Waals surface area contributed by atoms with Crippen molar-refractivity contribution in [3.05, 3.63) is 53.3 Å². The van der Waals surface area contributed by atoms with Crippen LogP contribution in [-0.4, -0.2) is 14.2 Å². The Morgan fingerprint density at radius 1 is 1.05 bits per heavy atom. The van der Waals surface area contributed by atoms with Gasteiger partial charge in [-0.1, -0.05) is 6.07 Å². The summed E-state index contributed by atoms with van der Waals surface area (Å²) in [7, 11) is 3.01. The molecule has 0 aliphatic carbocycles. The molecule has 0 fully saturated rings. The van der Waals surface area contributed by atoms with E-state index in [2.05, 4.69) is 5.32 Å². The smallest absolute Gasteiger partial charge is 0.137 e. The molecular weight excluding hydrogens is 267 g/mol. The van der Waals surface area contributed by atoms with Gasteiger partial charge in [-0.25, -0.2) is 13.2 Å². The molecule has 0 radical (unpaired) electrons. The Hall–Kier alpha value is -2.01. The van der Waals surface area contributed by atoms with E-state index in [1.165, 1.54) is 25.3 Å². The molecule has 0 bridgehead atoms. The first-order valence-electron chi connectivity index (χ1n) is 6.03. The lowest BCUT2D eigenvalue weighted by Gasteiger charge is -2.12. The highest BCUT2D eigenvalue weighted by atomic mass is 19.1. The van der Waals surface area contributed by atoms with Crippen molar-refractivity contribution in [2.24, 2.45) is 0 Å². The zero-order chi connectivity index (χ0) is 14.7. The molecular formula is C15H14F3NO. The highest BCUT2D eigenvalue weighted by Gasteiger charge is 2.17. The van der Waals surface area contributed by atoms with Crippen LogP contribution in [0, 0.1) is 17.5 Å². The minimum atomic E-state index is -0.745. The summed E-state index contributed by atoms with van der Waals surface area (Å²) in [6, 6.07) is 6.01. The van der Waals surface area contributed by atoms with Gasteiger partial charge in [0, 0.05) is 18.7 Å². The number of ether oxygens (including phenoxy) is 1. The fourth-order valence-corrected chi connectivity index (χ4v) is 2.07. The van der Waals surface area contributed by atoms with Crippen molar-refractivity contribution >= 4 is 0 Å². The molecule has 0 heterocycles. The van der Waals surface area contributed by atoms with Crippen LogP contribution < -0.4 is 10.1 Å². The third kappa shape index (κ3) is 2.77. The first kappa shape index (κ1) is 14.4. The van der Waals surface area contributed by atoms with Gasteiger partial charge in [0.25, 0.3) is 0 Å². The van der Waals surface area contributed by atoms with Gasteiger partial charge in [-0.15, -0.1) is 0 Å². The van der Waals surface area contributed by atoms with Crippen LogP contribution in [0.3, 0.4) is 0 Å². The molecule has 106 valence electrons. The molecule has 0 unspecified atom stereocenters. The summed E-state index contributed by atoms with van der Waals surface area (Å²) in [6.07, 6.45) is 0. The number of hydrogen-bond acceptors (Lipinski definition) is 2. The van der Waals surface area contributed by atoms with Gasteiger partial charge >= 0.3 is 0 Å². The highest BCUT2D eigenvalue weighted by molar-refractivity contribution is 5.69. The standard InChI is InChI=1S/C15H14F3NO/c1-19-8-9-5-10(16)3-4-12(9)15-13(17)6-11(20-2)7-14(15)18/h3-7,19H,8H2,1-2H3. The minimum absolute atomic E-state index is 0.0982. The average molecular weight is 281 g/mol. The first-order valence-corrected chi connectivity index (χ1v) is 6.03. The van der Waals surface area contributed by atoms with Crippen LogP contribution in [0.4, 0.5) is 13.2 Å². The van der Waals surface area contributed by atoms with Gasteiger partial charge in [-0.3, -0.25) is 0 Å². The molecule has 0 aliphatic heterocycles. The fraction of sp³-hybridized carbons (Fsp3) is 0.200. The third-order valence-corrected chi connectivity index (χ3v) is 2.96. The predicted molar refractivity (Wildman–Crippen MR) is 71.1 cm³/mol. The van der Waals surface area contributed by atoms with Gasteiger partial charge in [0.1, 0.15) is 23.2 Å². The molecule has 0 aromatic heterocycles. The maximum Gasteiger partial charge on any atom is 0.137 e. The molecule has 0 amide bonds. The van der Waals surface area contributed by atoms with Gasteiger partial charge in [0.05, 0.1) is 12.7 Å². The lowest BCUT2D eigenvalue weighted by molar-refractivity contribution is 0.407. The van der Waals surface area contributed by atoms with E-state index in [-0.39, 0.29) is 11.3 Å². The Kier molecular flexibility index (Phi) is 4.29. The van der Waals surface area contributed by atoms with Crippen LogP contribution in [0.1, 0.15) is 5.56 Å². The zero-order valence-corrected chi connectivity index (χ0v) is 11.1. The van der Waals surface area contributed by atoms with Crippen LogP contribution in [-0.2, 0) is 6.54 Å². The van der Waals surface area contributed by atoms with Crippen molar-refractivity contribution < 1.29 is 17.9 Å². The van der Waals surface area contributed by atoms with Crippen molar-refractivity contribution in [2.75, 3.05) is 14.2 Å². The monoisotopic (exact) mass is 281 g/mol. The van der Waals surface area contributed by atoms with E-state index in [9.17, 15) is 13.2 Å². The molecule has 2 aromatic rings. The molecule has 2 rings (SSSR count). The summed E-state index contributed by atoms with van der Waals surface area (Å²) < 4.78 is 46.2. The van der Waals surface area contributed by atoms with Crippen LogP contribution in [0.15, 0.2) is 30.3 Å². The second-order valence-corrected chi connectivity index (χ2v) is 4.30. The zero-order valence-electron chi connectivity index (χ0n) is 11.1. The molecule has 2 nitrogen and oxygen atoms in total. The van der Waals surface area contributed by atoms with Crippen molar-refractivity contribution in [3.63, 3.8) is 0 Å². The maximum atomic E-state index is 14.1. The van der Waals surface area contributed by atoms with Gasteiger partial charge in [0.2, 0.25) is 0 Å². The van der Waals surface area contributed by atoms with Crippen molar-refractivity contribution in [1.29, 1.82) is 0 Å². The Morgan fingerprint density at radius 2 is 1.70 bits per heavy atom. The molecule has 0 saturated carbocycles. The van der Waals surface area contributed by atoms with Crippen molar-refractivity contribution in [3.8, 4) is 16.9 Å². The largest absolute Gasteiger partial charge is 0.497 e. The molecule has 0 spiro atoms. The Bertz CT molecular complexity index is 606. The topological polar surface area (TPSA) is 21.3 Å². The number of benzene rings is 2. The maximum absolute atomic E-state index is 14.1. The van der Waals surface area contributed by atoms with E-state index in [1.807, 2.05) is 0 Å². The number of methoxy groups -OCH3 is 1. The fourth-order valence-electron chi connectivity index (χ4n) is 2.07. The Balaban J connectivity index is 2.62. The third-order valence-electron chi connectivity index (χ3n) is 2.96. The van der Waals surface area contributed by atoms with Crippen LogP contribution in [0.5, 0.6) is 5.75 Å². The first-order chi connectivity index (χ1) is 9.56. The normalized spacial score (nSPS) is 10.7. The van der Waals surface area contributed by atoms with Crippen LogP contribution in [0.25, 0.3) is 11.1 Å². The second kappa shape index (κ2) is 5.96. The SMILES string of the molecule is CNCc1cc(F)ccc1-c1c(F)cc(OC)cc1F. The van der Waals surface area contributed by atoms with E-state index in [0.29, 0.717) is 17.7 Å². The number of nitrogens with one attached hydrogen (secondary N) is 1. The summed E-state index contributed by atoms with van der Waals surface area (Å²) in [6.45, 7) is 0.304. The number of halogens is 3. The van der Waals surface area contributed by atoms with E-state index in [1.54, 1.807) is 7.05 Å². The summed E-state index contributed by atoms with van der Waals surface area (Å²) in [5.74, 6) is -1.84. The van der Waals surface area contributed by atoms with Crippen molar-refractivity contribution in [2.45, 2.75) is 6.54 Å². The minimum Gasteiger partial charge on any atom is -0.497 e. The van der Waals surface area contributed by atoms with Gasteiger partial charge in [-0.2, -0.15) is 0 Å². The summed E-state index contributed by atoms with van der Waals surface area (Å²) in [5, 5.41) is 2.85. The molecule has 0 saturated heterocycles. The van der Waals surface area contributed by atoms with Gasteiger partial charge < -0.3 is 10.1 Å². The lowest BCUT2D eigenvalue weighted by atomic mass is 9.98. The van der Waals surface area contributed by atoms with Gasteiger partial charge in [-0.05, 0) is 30.3 Å². The summed E-state index contributed by atoms with van der Waals surface area (Å²) in [5.41, 5.74) is 0.616. The molecule has 5 heteroatoms. The highest BCUT2D eigenvalue weighted by Crippen LogP contribution is 2.32. The second-order valence-electron chi connectivity index (χ2n) is 4.30.